The number of piperidine rings is 1. The van der Waals surface area contributed by atoms with Gasteiger partial charge in [-0.1, -0.05) is 13.0 Å². The van der Waals surface area contributed by atoms with Crippen molar-refractivity contribution in [3.8, 4) is 0 Å². The van der Waals surface area contributed by atoms with Gasteiger partial charge in [-0.3, -0.25) is 9.69 Å². The van der Waals surface area contributed by atoms with E-state index < -0.39 is 12.4 Å². The second-order valence-corrected chi connectivity index (χ2v) is 11.4. The van der Waals surface area contributed by atoms with Crippen LogP contribution in [0.3, 0.4) is 0 Å². The molecule has 2 heterocycles. The number of carbonyl (C=O) groups is 2. The van der Waals surface area contributed by atoms with E-state index in [1.165, 1.54) is 30.4 Å². The topological polar surface area (TPSA) is 49.9 Å². The molecule has 5 nitrogen and oxygen atoms in total. The van der Waals surface area contributed by atoms with Crippen LogP contribution in [-0.2, 0) is 9.53 Å². The number of ether oxygens (including phenoxy) is 1. The number of nitrogens with zero attached hydrogens (tertiary/aromatic N) is 2. The van der Waals surface area contributed by atoms with Crippen LogP contribution in [0.2, 0.25) is 0 Å². The van der Waals surface area contributed by atoms with Gasteiger partial charge in [-0.05, 0) is 81.8 Å². The van der Waals surface area contributed by atoms with E-state index in [9.17, 15) is 18.4 Å². The number of thiophene rings is 1. The summed E-state index contributed by atoms with van der Waals surface area (Å²) >= 11 is 1.42. The fourth-order valence-corrected chi connectivity index (χ4v) is 6.91. The molecule has 1 aromatic heterocycles. The van der Waals surface area contributed by atoms with Gasteiger partial charge in [-0.25, -0.2) is 13.6 Å². The first-order valence-corrected chi connectivity index (χ1v) is 13.9. The quantitative estimate of drug-likeness (QED) is 0.401. The predicted molar refractivity (Wildman–Crippen MR) is 136 cm³/mol. The number of hydrogen-bond acceptors (Lipinski definition) is 5. The molecule has 1 saturated heterocycles. The van der Waals surface area contributed by atoms with Crippen LogP contribution in [0.1, 0.15) is 85.7 Å². The minimum Gasteiger partial charge on any atom is -0.465 e. The summed E-state index contributed by atoms with van der Waals surface area (Å²) in [6.07, 6.45) is 9.21. The number of anilines is 1. The van der Waals surface area contributed by atoms with E-state index in [1.54, 1.807) is 4.90 Å². The zero-order valence-corrected chi connectivity index (χ0v) is 21.8. The Hall–Kier alpha value is -1.80. The Balaban J connectivity index is 1.67. The van der Waals surface area contributed by atoms with E-state index in [0.717, 1.165) is 49.8 Å². The van der Waals surface area contributed by atoms with Gasteiger partial charge in [0.15, 0.2) is 0 Å². The Morgan fingerprint density at radius 2 is 1.86 bits per heavy atom. The molecule has 1 saturated carbocycles. The monoisotopic (exact) mass is 508 g/mol. The van der Waals surface area contributed by atoms with Crippen molar-refractivity contribution in [3.05, 3.63) is 21.9 Å². The first kappa shape index (κ1) is 26.3. The van der Waals surface area contributed by atoms with Crippen LogP contribution in [0, 0.1) is 11.8 Å². The molecular weight excluding hydrogens is 470 g/mol. The number of rotatable bonds is 7. The lowest BCUT2D eigenvalue weighted by Gasteiger charge is -2.40. The highest BCUT2D eigenvalue weighted by molar-refractivity contribution is 7.15. The zero-order chi connectivity index (χ0) is 24.9. The Morgan fingerprint density at radius 1 is 1.14 bits per heavy atom. The average molecular weight is 509 g/mol. The second-order valence-electron chi connectivity index (χ2n) is 10.4. The smallest absolute Gasteiger partial charge is 0.350 e. The van der Waals surface area contributed by atoms with Gasteiger partial charge in [0, 0.05) is 29.9 Å². The highest BCUT2D eigenvalue weighted by Crippen LogP contribution is 2.41. The minimum atomic E-state index is -2.36. The van der Waals surface area contributed by atoms with Crippen LogP contribution < -0.4 is 4.90 Å². The van der Waals surface area contributed by atoms with Crippen molar-refractivity contribution >= 4 is 34.5 Å². The molecule has 35 heavy (non-hydrogen) atoms. The van der Waals surface area contributed by atoms with Crippen LogP contribution in [0.5, 0.6) is 0 Å². The molecule has 1 amide bonds. The molecule has 0 N–H and O–H groups in total. The third kappa shape index (κ3) is 6.31. The van der Waals surface area contributed by atoms with Crippen LogP contribution >= 0.6 is 11.3 Å². The summed E-state index contributed by atoms with van der Waals surface area (Å²) in [5, 5.41) is 0. The van der Waals surface area contributed by atoms with Gasteiger partial charge in [0.25, 0.3) is 6.43 Å². The SMILES string of the molecule is COC(=O)c1sc(C2=CCCCC2)cc1N(C(=O)C1CCC(C)CC1)C1CCN(CC(F)F)CC1. The number of alkyl halides is 2. The standard InChI is InChI=1S/C27H38F2N2O3S/c1-18-8-10-20(11-9-18)26(32)31(21-12-14-30(15-13-21)17-24(28)29)22-16-23(19-6-4-3-5-7-19)35-25(22)27(33)34-2/h6,16,18,20-21,24H,3-5,7-15,17H2,1-2H3. The number of likely N-dealkylation sites (tertiary alicyclic amines) is 1. The van der Waals surface area contributed by atoms with E-state index in [1.807, 2.05) is 11.0 Å². The summed E-state index contributed by atoms with van der Waals surface area (Å²) < 4.78 is 31.0. The first-order valence-electron chi connectivity index (χ1n) is 13.1. The molecule has 0 bridgehead atoms. The van der Waals surface area contributed by atoms with E-state index in [4.69, 9.17) is 4.74 Å². The first-order chi connectivity index (χ1) is 16.9. The van der Waals surface area contributed by atoms with Crippen molar-refractivity contribution in [3.63, 3.8) is 0 Å². The molecule has 0 radical (unpaired) electrons. The molecule has 1 aromatic rings. The molecule has 2 aliphatic carbocycles. The summed E-state index contributed by atoms with van der Waals surface area (Å²) in [6, 6.07) is 1.91. The maximum Gasteiger partial charge on any atom is 0.350 e. The molecule has 8 heteroatoms. The fourth-order valence-electron chi connectivity index (χ4n) is 5.77. The van der Waals surface area contributed by atoms with Gasteiger partial charge in [0.1, 0.15) is 4.88 Å². The number of esters is 1. The Labute approximate surface area is 211 Å². The maximum absolute atomic E-state index is 14.0. The number of hydrogen-bond donors (Lipinski definition) is 0. The number of halogens is 2. The van der Waals surface area contributed by atoms with Crippen molar-refractivity contribution in [1.82, 2.24) is 4.90 Å². The van der Waals surface area contributed by atoms with E-state index in [-0.39, 0.29) is 24.4 Å². The average Bonchev–Trinajstić information content (AvgIpc) is 3.30. The largest absolute Gasteiger partial charge is 0.465 e. The van der Waals surface area contributed by atoms with Crippen LogP contribution in [0.15, 0.2) is 12.1 Å². The Kier molecular flexibility index (Phi) is 8.97. The lowest BCUT2D eigenvalue weighted by atomic mass is 9.82. The minimum absolute atomic E-state index is 0.0620. The molecule has 194 valence electrons. The zero-order valence-electron chi connectivity index (χ0n) is 20.9. The van der Waals surface area contributed by atoms with Gasteiger partial charge < -0.3 is 9.64 Å². The number of amides is 1. The second kappa shape index (κ2) is 12.0. The van der Waals surface area contributed by atoms with Gasteiger partial charge in [-0.2, -0.15) is 0 Å². The normalized spacial score (nSPS) is 24.3. The summed E-state index contributed by atoms with van der Waals surface area (Å²) in [5.41, 5.74) is 1.89. The van der Waals surface area contributed by atoms with Gasteiger partial charge >= 0.3 is 5.97 Å². The summed E-state index contributed by atoms with van der Waals surface area (Å²) in [6.45, 7) is 3.05. The van der Waals surface area contributed by atoms with Crippen molar-refractivity contribution in [2.24, 2.45) is 11.8 Å². The number of carbonyl (C=O) groups excluding carboxylic acids is 2. The molecule has 2 fully saturated rings. The van der Waals surface area contributed by atoms with Gasteiger partial charge in [0.2, 0.25) is 5.91 Å². The van der Waals surface area contributed by atoms with Crippen LogP contribution in [0.4, 0.5) is 14.5 Å². The summed E-state index contributed by atoms with van der Waals surface area (Å²) in [4.78, 5) is 32.1. The Morgan fingerprint density at radius 3 is 2.46 bits per heavy atom. The highest BCUT2D eigenvalue weighted by Gasteiger charge is 2.37. The summed E-state index contributed by atoms with van der Waals surface area (Å²) in [7, 11) is 1.38. The highest BCUT2D eigenvalue weighted by atomic mass is 32.1. The van der Waals surface area contributed by atoms with Gasteiger partial charge in [-0.15, -0.1) is 11.3 Å². The Bertz CT molecular complexity index is 916. The molecule has 1 aliphatic heterocycles. The van der Waals surface area contributed by atoms with Crippen molar-refractivity contribution < 1.29 is 23.1 Å². The lowest BCUT2D eigenvalue weighted by Crippen LogP contribution is -2.50. The van der Waals surface area contributed by atoms with E-state index >= 15 is 0 Å². The molecule has 0 unspecified atom stereocenters. The van der Waals surface area contributed by atoms with Gasteiger partial charge in [0.05, 0.1) is 19.3 Å². The number of methoxy groups -OCH3 is 1. The third-order valence-corrected chi connectivity index (χ3v) is 9.05. The maximum atomic E-state index is 14.0. The van der Waals surface area contributed by atoms with E-state index in [0.29, 0.717) is 42.4 Å². The summed E-state index contributed by atoms with van der Waals surface area (Å²) in [5.74, 6) is 0.226. The third-order valence-electron chi connectivity index (χ3n) is 7.87. The van der Waals surface area contributed by atoms with Crippen molar-refractivity contribution in [2.75, 3.05) is 31.6 Å². The lowest BCUT2D eigenvalue weighted by molar-refractivity contribution is -0.124. The predicted octanol–water partition coefficient (Wildman–Crippen LogP) is 6.38. The van der Waals surface area contributed by atoms with Crippen LogP contribution in [0.25, 0.3) is 5.57 Å². The molecule has 0 aromatic carbocycles. The van der Waals surface area contributed by atoms with Crippen molar-refractivity contribution in [2.45, 2.75) is 83.6 Å². The number of allylic oxidation sites excluding steroid dienone is 2. The molecular formula is C27H38F2N2O3S. The van der Waals surface area contributed by atoms with Crippen LogP contribution in [-0.4, -0.2) is 56.0 Å². The fraction of sp³-hybridized carbons (Fsp3) is 0.704. The molecule has 3 aliphatic rings. The van der Waals surface area contributed by atoms with E-state index in [2.05, 4.69) is 13.0 Å². The molecule has 0 atom stereocenters. The molecule has 4 rings (SSSR count). The van der Waals surface area contributed by atoms with Crippen molar-refractivity contribution in [1.29, 1.82) is 0 Å². The molecule has 0 spiro atoms.